The van der Waals surface area contributed by atoms with E-state index < -0.39 is 11.7 Å². The molecule has 0 fully saturated rings. The first kappa shape index (κ1) is 20.3. The predicted octanol–water partition coefficient (Wildman–Crippen LogP) is 4.46. The fourth-order valence-electron chi connectivity index (χ4n) is 2.87. The van der Waals surface area contributed by atoms with Gasteiger partial charge in [0.2, 0.25) is 0 Å². The summed E-state index contributed by atoms with van der Waals surface area (Å²) in [5, 5.41) is 6.52. The Bertz CT molecular complexity index is 1300. The van der Waals surface area contributed by atoms with Crippen molar-refractivity contribution < 1.29 is 9.18 Å². The molecule has 0 unspecified atom stereocenters. The molecule has 0 aliphatic carbocycles. The van der Waals surface area contributed by atoms with Gasteiger partial charge in [0.05, 0.1) is 16.9 Å². The first-order valence-corrected chi connectivity index (χ1v) is 9.70. The van der Waals surface area contributed by atoms with Gasteiger partial charge in [0.15, 0.2) is 0 Å². The van der Waals surface area contributed by atoms with Crippen molar-refractivity contribution in [2.75, 3.05) is 10.6 Å². The molecule has 2 aromatic heterocycles. The Morgan fingerprint density at radius 1 is 1.16 bits per heavy atom. The van der Waals surface area contributed by atoms with Crippen molar-refractivity contribution in [2.24, 2.45) is 0 Å². The normalized spacial score (nSPS) is 10.4. The van der Waals surface area contributed by atoms with Crippen LogP contribution < -0.4 is 10.6 Å². The van der Waals surface area contributed by atoms with Gasteiger partial charge in [0.1, 0.15) is 18.0 Å². The molecule has 0 spiro atoms. The molecule has 0 bridgehead atoms. The molecule has 0 saturated heterocycles. The molecule has 4 rings (SSSR count). The van der Waals surface area contributed by atoms with E-state index in [0.717, 1.165) is 5.69 Å². The van der Waals surface area contributed by atoms with Crippen molar-refractivity contribution in [1.29, 1.82) is 0 Å². The van der Waals surface area contributed by atoms with Gasteiger partial charge in [-0.05, 0) is 48.7 Å². The van der Waals surface area contributed by atoms with Crippen LogP contribution in [0.15, 0.2) is 55.2 Å². The lowest BCUT2D eigenvalue weighted by Crippen LogP contribution is -2.08. The number of halogens is 2. The highest BCUT2D eigenvalue weighted by Gasteiger charge is 2.08. The quantitative estimate of drug-likeness (QED) is 0.403. The number of amides is 1. The summed E-state index contributed by atoms with van der Waals surface area (Å²) < 4.78 is 13.4. The molecular weight excluding hydrogens is 419 g/mol. The molecule has 0 aliphatic rings. The number of hydrogen-bond donors (Lipinski definition) is 3. The smallest absolute Gasteiger partial charge is 0.300 e. The van der Waals surface area contributed by atoms with E-state index in [9.17, 15) is 9.18 Å². The van der Waals surface area contributed by atoms with E-state index in [0.29, 0.717) is 40.9 Å². The lowest BCUT2D eigenvalue weighted by atomic mass is 10.2. The summed E-state index contributed by atoms with van der Waals surface area (Å²) >= 11 is 5.85. The molecule has 0 aliphatic heterocycles. The second-order valence-corrected chi connectivity index (χ2v) is 6.95. The second kappa shape index (κ2) is 9.24. The first-order valence-electron chi connectivity index (χ1n) is 9.32. The van der Waals surface area contributed by atoms with E-state index in [4.69, 9.17) is 11.6 Å². The van der Waals surface area contributed by atoms with Crippen molar-refractivity contribution in [1.82, 2.24) is 19.9 Å². The molecule has 2 aromatic carbocycles. The van der Waals surface area contributed by atoms with Crippen molar-refractivity contribution in [3.63, 3.8) is 0 Å². The van der Waals surface area contributed by atoms with Crippen LogP contribution >= 0.6 is 11.6 Å². The number of aromatic amines is 1. The Morgan fingerprint density at radius 2 is 2.03 bits per heavy atom. The monoisotopic (exact) mass is 434 g/mol. The minimum atomic E-state index is -0.504. The number of hydrogen-bond acceptors (Lipinski definition) is 5. The van der Waals surface area contributed by atoms with Gasteiger partial charge in [0.25, 0.3) is 5.91 Å². The molecule has 0 radical (unpaired) electrons. The Kier molecular flexibility index (Phi) is 6.05. The molecule has 0 atom stereocenters. The average molecular weight is 435 g/mol. The standard InChI is InChI=1S/C22H16ClFN6O/c23-18-10-15(5-7-19(18)24)30-22-17-9-14(6-8-20(17)27-13-28-22)29-21(31)4-2-1-3-16-11-25-12-26-16/h5-13H,1,3H2,(H,25,26)(H,29,31)(H,27,28,30). The van der Waals surface area contributed by atoms with Crippen LogP contribution in [0.5, 0.6) is 0 Å². The number of benzene rings is 2. The molecule has 4 aromatic rings. The van der Waals surface area contributed by atoms with Gasteiger partial charge in [-0.3, -0.25) is 4.79 Å². The van der Waals surface area contributed by atoms with Gasteiger partial charge in [-0.15, -0.1) is 0 Å². The Morgan fingerprint density at radius 3 is 2.84 bits per heavy atom. The molecular formula is C22H16ClFN6O. The number of anilines is 3. The van der Waals surface area contributed by atoms with Gasteiger partial charge in [-0.1, -0.05) is 17.5 Å². The zero-order valence-electron chi connectivity index (χ0n) is 16.1. The third kappa shape index (κ3) is 5.15. The number of carbonyl (C=O) groups is 1. The summed E-state index contributed by atoms with van der Waals surface area (Å²) in [6.07, 6.45) is 5.97. The van der Waals surface area contributed by atoms with Crippen LogP contribution in [0.3, 0.4) is 0 Å². The molecule has 0 saturated carbocycles. The number of aryl methyl sites for hydroxylation is 1. The van der Waals surface area contributed by atoms with Gasteiger partial charge in [-0.25, -0.2) is 19.3 Å². The van der Waals surface area contributed by atoms with Crippen molar-refractivity contribution in [3.8, 4) is 11.8 Å². The number of H-pyrrole nitrogens is 1. The molecule has 7 nitrogen and oxygen atoms in total. The number of carbonyl (C=O) groups excluding carboxylic acids is 1. The summed E-state index contributed by atoms with van der Waals surface area (Å²) in [6, 6.07) is 9.53. The number of fused-ring (bicyclic) bond motifs is 1. The van der Waals surface area contributed by atoms with Gasteiger partial charge in [0, 0.05) is 35.1 Å². The summed E-state index contributed by atoms with van der Waals surface area (Å²) in [7, 11) is 0. The van der Waals surface area contributed by atoms with E-state index in [1.165, 1.54) is 18.5 Å². The van der Waals surface area contributed by atoms with Crippen molar-refractivity contribution >= 4 is 45.6 Å². The Balaban J connectivity index is 1.48. The maximum Gasteiger partial charge on any atom is 0.300 e. The first-order chi connectivity index (χ1) is 15.1. The number of nitrogens with one attached hydrogen (secondary N) is 3. The van der Waals surface area contributed by atoms with Crippen molar-refractivity contribution in [3.05, 3.63) is 71.8 Å². The molecule has 2 heterocycles. The molecule has 154 valence electrons. The van der Waals surface area contributed by atoms with E-state index in [1.54, 1.807) is 36.8 Å². The van der Waals surface area contributed by atoms with Crippen LogP contribution in [-0.4, -0.2) is 25.8 Å². The van der Waals surface area contributed by atoms with Gasteiger partial charge in [-0.2, -0.15) is 0 Å². The summed E-state index contributed by atoms with van der Waals surface area (Å²) in [5.74, 6) is 5.00. The lowest BCUT2D eigenvalue weighted by molar-refractivity contribution is -0.111. The molecule has 9 heteroatoms. The highest BCUT2D eigenvalue weighted by molar-refractivity contribution is 6.31. The Hall–Kier alpha value is -3.96. The molecule has 31 heavy (non-hydrogen) atoms. The largest absolute Gasteiger partial charge is 0.348 e. The number of rotatable bonds is 5. The highest BCUT2D eigenvalue weighted by Crippen LogP contribution is 2.27. The minimum absolute atomic E-state index is 0.00224. The van der Waals surface area contributed by atoms with Gasteiger partial charge < -0.3 is 15.6 Å². The maximum absolute atomic E-state index is 13.4. The zero-order chi connectivity index (χ0) is 21.6. The van der Waals surface area contributed by atoms with Crippen LogP contribution in [0.25, 0.3) is 10.9 Å². The Labute approximate surface area is 182 Å². The second-order valence-electron chi connectivity index (χ2n) is 6.54. The van der Waals surface area contributed by atoms with Crippen LogP contribution in [0, 0.1) is 17.7 Å². The third-order valence-electron chi connectivity index (χ3n) is 4.35. The van der Waals surface area contributed by atoms with E-state index in [1.807, 2.05) is 0 Å². The summed E-state index contributed by atoms with van der Waals surface area (Å²) in [5.41, 5.74) is 2.76. The predicted molar refractivity (Wildman–Crippen MR) is 118 cm³/mol. The fraction of sp³-hybridized carbons (Fsp3) is 0.0909. The molecule has 3 N–H and O–H groups in total. The summed E-state index contributed by atoms with van der Waals surface area (Å²) in [4.78, 5) is 27.6. The highest BCUT2D eigenvalue weighted by atomic mass is 35.5. The summed E-state index contributed by atoms with van der Waals surface area (Å²) in [6.45, 7) is 0. The molecule has 1 amide bonds. The van der Waals surface area contributed by atoms with E-state index >= 15 is 0 Å². The average Bonchev–Trinajstić information content (AvgIpc) is 3.28. The van der Waals surface area contributed by atoms with Crippen molar-refractivity contribution in [2.45, 2.75) is 12.8 Å². The topological polar surface area (TPSA) is 95.6 Å². The van der Waals surface area contributed by atoms with E-state index in [-0.39, 0.29) is 5.02 Å². The minimum Gasteiger partial charge on any atom is -0.348 e. The third-order valence-corrected chi connectivity index (χ3v) is 4.64. The van der Waals surface area contributed by atoms with Crippen LogP contribution in [0.1, 0.15) is 12.1 Å². The van der Waals surface area contributed by atoms with Crippen LogP contribution in [-0.2, 0) is 11.2 Å². The van der Waals surface area contributed by atoms with E-state index in [2.05, 4.69) is 42.4 Å². The van der Waals surface area contributed by atoms with Crippen LogP contribution in [0.4, 0.5) is 21.6 Å². The maximum atomic E-state index is 13.4. The van der Waals surface area contributed by atoms with Crippen LogP contribution in [0.2, 0.25) is 5.02 Å². The number of aromatic nitrogens is 4. The lowest BCUT2D eigenvalue weighted by Gasteiger charge is -2.10. The SMILES string of the molecule is O=C(C#CCCc1cnc[nH]1)Nc1ccc2ncnc(Nc3ccc(F)c(Cl)c3)c2c1. The fourth-order valence-corrected chi connectivity index (χ4v) is 3.05. The number of imidazole rings is 1. The zero-order valence-corrected chi connectivity index (χ0v) is 16.9. The number of nitrogens with zero attached hydrogens (tertiary/aromatic N) is 3. The van der Waals surface area contributed by atoms with Gasteiger partial charge >= 0.3 is 0 Å².